The van der Waals surface area contributed by atoms with Crippen molar-refractivity contribution in [3.05, 3.63) is 35.9 Å². The van der Waals surface area contributed by atoms with E-state index in [1.165, 1.54) is 24.9 Å². The lowest BCUT2D eigenvalue weighted by Crippen LogP contribution is -2.46. The van der Waals surface area contributed by atoms with Crippen molar-refractivity contribution in [2.24, 2.45) is 4.99 Å². The van der Waals surface area contributed by atoms with E-state index in [1.807, 2.05) is 7.05 Å². The third-order valence-electron chi connectivity index (χ3n) is 5.69. The maximum absolute atomic E-state index is 5.23. The van der Waals surface area contributed by atoms with Gasteiger partial charge in [-0.25, -0.2) is 0 Å². The van der Waals surface area contributed by atoms with Gasteiger partial charge in [0.2, 0.25) is 0 Å². The number of rotatable bonds is 11. The highest BCUT2D eigenvalue weighted by Gasteiger charge is 2.23. The van der Waals surface area contributed by atoms with E-state index >= 15 is 0 Å². The minimum Gasteiger partial charge on any atom is -0.383 e. The van der Waals surface area contributed by atoms with Gasteiger partial charge in [-0.05, 0) is 45.3 Å². The van der Waals surface area contributed by atoms with Crippen molar-refractivity contribution in [3.63, 3.8) is 0 Å². The summed E-state index contributed by atoms with van der Waals surface area (Å²) in [5, 5.41) is 6.97. The van der Waals surface area contributed by atoms with Crippen molar-refractivity contribution >= 4 is 29.9 Å². The van der Waals surface area contributed by atoms with Gasteiger partial charge in [-0.1, -0.05) is 30.3 Å². The first-order valence-corrected chi connectivity index (χ1v) is 10.6. The summed E-state index contributed by atoms with van der Waals surface area (Å²) in [6, 6.07) is 11.7. The summed E-state index contributed by atoms with van der Waals surface area (Å²) < 4.78 is 5.23. The maximum Gasteiger partial charge on any atom is 0.191 e. The van der Waals surface area contributed by atoms with Gasteiger partial charge in [0.05, 0.1) is 6.61 Å². The fraction of sp³-hybridized carbons (Fsp3) is 0.682. The Bertz CT molecular complexity index is 572. The quantitative estimate of drug-likeness (QED) is 0.269. The molecule has 166 valence electrons. The number of nitrogens with zero attached hydrogens (tertiary/aromatic N) is 3. The smallest absolute Gasteiger partial charge is 0.191 e. The molecule has 0 aromatic heterocycles. The Morgan fingerprint density at radius 2 is 2.07 bits per heavy atom. The number of hydrogen-bond acceptors (Lipinski definition) is 4. The second-order valence-corrected chi connectivity index (χ2v) is 7.74. The van der Waals surface area contributed by atoms with Gasteiger partial charge in [-0.2, -0.15) is 0 Å². The van der Waals surface area contributed by atoms with Gasteiger partial charge in [-0.15, -0.1) is 24.0 Å². The van der Waals surface area contributed by atoms with Crippen LogP contribution in [-0.4, -0.2) is 81.8 Å². The molecule has 1 saturated heterocycles. The summed E-state index contributed by atoms with van der Waals surface area (Å²) in [5.41, 5.74) is 1.36. The van der Waals surface area contributed by atoms with Crippen LogP contribution in [-0.2, 0) is 11.3 Å². The Balaban J connectivity index is 0.00000420. The standard InChI is InChI=1S/C22H39N5O.HI/c1-19(26(3)18-20-9-6-5-7-10-20)12-13-24-22(23-2)25-17-21-11-8-14-27(21)15-16-28-4;/h5-7,9-10,19,21H,8,11-18H2,1-4H3,(H2,23,24,25);1H. The van der Waals surface area contributed by atoms with Crippen LogP contribution in [0.3, 0.4) is 0 Å². The third kappa shape index (κ3) is 9.63. The lowest BCUT2D eigenvalue weighted by atomic mass is 10.1. The van der Waals surface area contributed by atoms with Gasteiger partial charge in [-0.3, -0.25) is 14.8 Å². The fourth-order valence-electron chi connectivity index (χ4n) is 3.71. The molecule has 0 spiro atoms. The van der Waals surface area contributed by atoms with Crippen LogP contribution in [0.15, 0.2) is 35.3 Å². The van der Waals surface area contributed by atoms with Crippen LogP contribution < -0.4 is 10.6 Å². The monoisotopic (exact) mass is 517 g/mol. The van der Waals surface area contributed by atoms with Crippen LogP contribution in [0.4, 0.5) is 0 Å². The average molecular weight is 518 g/mol. The highest BCUT2D eigenvalue weighted by molar-refractivity contribution is 14.0. The zero-order valence-corrected chi connectivity index (χ0v) is 20.9. The van der Waals surface area contributed by atoms with Crippen molar-refractivity contribution in [1.29, 1.82) is 0 Å². The summed E-state index contributed by atoms with van der Waals surface area (Å²) in [6.45, 7) is 8.11. The number of likely N-dealkylation sites (tertiary alicyclic amines) is 1. The van der Waals surface area contributed by atoms with E-state index in [-0.39, 0.29) is 24.0 Å². The highest BCUT2D eigenvalue weighted by atomic mass is 127. The molecular weight excluding hydrogens is 477 g/mol. The molecule has 0 saturated carbocycles. The van der Waals surface area contributed by atoms with Crippen LogP contribution in [0.5, 0.6) is 0 Å². The second-order valence-electron chi connectivity index (χ2n) is 7.74. The fourth-order valence-corrected chi connectivity index (χ4v) is 3.71. The van der Waals surface area contributed by atoms with E-state index in [9.17, 15) is 0 Å². The van der Waals surface area contributed by atoms with E-state index < -0.39 is 0 Å². The molecule has 1 aromatic rings. The summed E-state index contributed by atoms with van der Waals surface area (Å²) in [7, 11) is 5.81. The zero-order valence-electron chi connectivity index (χ0n) is 18.6. The van der Waals surface area contributed by atoms with Gasteiger partial charge in [0.1, 0.15) is 0 Å². The number of halogens is 1. The molecule has 0 amide bonds. The van der Waals surface area contributed by atoms with Gasteiger partial charge >= 0.3 is 0 Å². The van der Waals surface area contributed by atoms with E-state index in [2.05, 4.69) is 69.7 Å². The molecule has 1 aliphatic heterocycles. The average Bonchev–Trinajstić information content (AvgIpc) is 3.16. The molecule has 1 aromatic carbocycles. The second kappa shape index (κ2) is 15.0. The summed E-state index contributed by atoms with van der Waals surface area (Å²) in [6.07, 6.45) is 3.59. The first-order chi connectivity index (χ1) is 13.6. The number of nitrogens with one attached hydrogen (secondary N) is 2. The van der Waals surface area contributed by atoms with Crippen LogP contribution in [0.2, 0.25) is 0 Å². The molecule has 0 bridgehead atoms. The molecule has 1 fully saturated rings. The first-order valence-electron chi connectivity index (χ1n) is 10.6. The summed E-state index contributed by atoms with van der Waals surface area (Å²) >= 11 is 0. The number of ether oxygens (including phenoxy) is 1. The molecule has 29 heavy (non-hydrogen) atoms. The molecule has 6 nitrogen and oxygen atoms in total. The molecule has 1 aliphatic rings. The SMILES string of the molecule is CN=C(NCCC(C)N(C)Cc1ccccc1)NCC1CCCN1CCOC.I. The maximum atomic E-state index is 5.23. The summed E-state index contributed by atoms with van der Waals surface area (Å²) in [5.74, 6) is 0.900. The van der Waals surface area contributed by atoms with E-state index in [0.29, 0.717) is 12.1 Å². The Morgan fingerprint density at radius 3 is 2.76 bits per heavy atom. The predicted octanol–water partition coefficient (Wildman–Crippen LogP) is 2.79. The Morgan fingerprint density at radius 1 is 1.31 bits per heavy atom. The number of hydrogen-bond donors (Lipinski definition) is 2. The molecule has 2 N–H and O–H groups in total. The molecule has 7 heteroatoms. The van der Waals surface area contributed by atoms with Crippen molar-refractivity contribution in [2.45, 2.75) is 44.8 Å². The minimum atomic E-state index is 0. The van der Waals surface area contributed by atoms with Crippen molar-refractivity contribution < 1.29 is 4.74 Å². The van der Waals surface area contributed by atoms with Gasteiger partial charge < -0.3 is 15.4 Å². The first kappa shape index (κ1) is 26.1. The van der Waals surface area contributed by atoms with Crippen molar-refractivity contribution in [1.82, 2.24) is 20.4 Å². The number of aliphatic imine (C=N–C) groups is 1. The lowest BCUT2D eigenvalue weighted by molar-refractivity contribution is 0.141. The van der Waals surface area contributed by atoms with Gasteiger partial charge in [0.25, 0.3) is 0 Å². The largest absolute Gasteiger partial charge is 0.383 e. The molecule has 2 atom stereocenters. The van der Waals surface area contributed by atoms with Crippen LogP contribution in [0, 0.1) is 0 Å². The van der Waals surface area contributed by atoms with Crippen molar-refractivity contribution in [3.8, 4) is 0 Å². The van der Waals surface area contributed by atoms with Crippen molar-refractivity contribution in [2.75, 3.05) is 54.0 Å². The molecule has 0 radical (unpaired) electrons. The number of methoxy groups -OCH3 is 1. The Labute approximate surface area is 194 Å². The van der Waals surface area contributed by atoms with Crippen LogP contribution in [0.25, 0.3) is 0 Å². The van der Waals surface area contributed by atoms with E-state index in [0.717, 1.165) is 45.2 Å². The number of guanidine groups is 1. The Hall–Kier alpha value is -0.900. The van der Waals surface area contributed by atoms with E-state index in [1.54, 1.807) is 7.11 Å². The highest BCUT2D eigenvalue weighted by Crippen LogP contribution is 2.15. The predicted molar refractivity (Wildman–Crippen MR) is 133 cm³/mol. The molecule has 0 aliphatic carbocycles. The molecule has 2 rings (SSSR count). The number of benzene rings is 1. The van der Waals surface area contributed by atoms with Crippen LogP contribution in [0.1, 0.15) is 31.7 Å². The van der Waals surface area contributed by atoms with Crippen LogP contribution >= 0.6 is 24.0 Å². The lowest BCUT2D eigenvalue weighted by Gasteiger charge is -2.26. The topological polar surface area (TPSA) is 52.1 Å². The minimum absolute atomic E-state index is 0. The zero-order chi connectivity index (χ0) is 20.2. The van der Waals surface area contributed by atoms with Gasteiger partial charge in [0.15, 0.2) is 5.96 Å². The molecule has 1 heterocycles. The van der Waals surface area contributed by atoms with Gasteiger partial charge in [0, 0.05) is 52.4 Å². The summed E-state index contributed by atoms with van der Waals surface area (Å²) in [4.78, 5) is 9.30. The Kier molecular flexibility index (Phi) is 13.5. The molecule has 2 unspecified atom stereocenters. The third-order valence-corrected chi connectivity index (χ3v) is 5.69. The van der Waals surface area contributed by atoms with E-state index in [4.69, 9.17) is 4.74 Å². The normalized spacial score (nSPS) is 18.5. The molecular formula is C22H40IN5O.